The van der Waals surface area contributed by atoms with E-state index >= 15 is 0 Å². The SMILES string of the molecule is O=S(=O)(NCCc1ccc(Cl)cc1)N1CCCC(CO)C1. The van der Waals surface area contributed by atoms with Crippen LogP contribution >= 0.6 is 11.6 Å². The standard InChI is InChI=1S/C14H21ClN2O3S/c15-14-5-3-12(4-6-14)7-8-16-21(19,20)17-9-1-2-13(10-17)11-18/h3-6,13,16,18H,1-2,7-11H2. The van der Waals surface area contributed by atoms with Gasteiger partial charge in [0.25, 0.3) is 10.2 Å². The van der Waals surface area contributed by atoms with Gasteiger partial charge in [0.2, 0.25) is 0 Å². The molecule has 21 heavy (non-hydrogen) atoms. The van der Waals surface area contributed by atoms with Crippen molar-refractivity contribution in [3.05, 3.63) is 34.9 Å². The summed E-state index contributed by atoms with van der Waals surface area (Å²) in [5, 5.41) is 9.84. The van der Waals surface area contributed by atoms with Crippen molar-refractivity contribution >= 4 is 21.8 Å². The largest absolute Gasteiger partial charge is 0.396 e. The van der Waals surface area contributed by atoms with E-state index in [2.05, 4.69) is 4.72 Å². The molecule has 7 heteroatoms. The lowest BCUT2D eigenvalue weighted by atomic mass is 10.0. The highest BCUT2D eigenvalue weighted by atomic mass is 35.5. The van der Waals surface area contributed by atoms with E-state index in [0.717, 1.165) is 18.4 Å². The van der Waals surface area contributed by atoms with Gasteiger partial charge in [0, 0.05) is 31.3 Å². The molecule has 0 aromatic heterocycles. The molecule has 1 aromatic carbocycles. The van der Waals surface area contributed by atoms with Crippen molar-refractivity contribution in [1.82, 2.24) is 9.03 Å². The van der Waals surface area contributed by atoms with Crippen LogP contribution in [0.1, 0.15) is 18.4 Å². The van der Waals surface area contributed by atoms with Gasteiger partial charge in [-0.25, -0.2) is 4.72 Å². The van der Waals surface area contributed by atoms with Gasteiger partial charge in [-0.15, -0.1) is 0 Å². The predicted molar refractivity (Wildman–Crippen MR) is 83.5 cm³/mol. The summed E-state index contributed by atoms with van der Waals surface area (Å²) >= 11 is 5.81. The van der Waals surface area contributed by atoms with Crippen LogP contribution in [0.15, 0.2) is 24.3 Å². The topological polar surface area (TPSA) is 69.6 Å². The van der Waals surface area contributed by atoms with E-state index in [1.54, 1.807) is 12.1 Å². The molecule has 1 atom stereocenters. The van der Waals surface area contributed by atoms with E-state index in [9.17, 15) is 8.42 Å². The quantitative estimate of drug-likeness (QED) is 0.827. The maximum absolute atomic E-state index is 12.2. The molecule has 0 saturated carbocycles. The van der Waals surface area contributed by atoms with Crippen molar-refractivity contribution in [1.29, 1.82) is 0 Å². The number of piperidine rings is 1. The van der Waals surface area contributed by atoms with Gasteiger partial charge in [0.05, 0.1) is 0 Å². The van der Waals surface area contributed by atoms with Crippen LogP contribution in [0.25, 0.3) is 0 Å². The van der Waals surface area contributed by atoms with Crippen LogP contribution in [0.4, 0.5) is 0 Å². The third-order valence-corrected chi connectivity index (χ3v) is 5.52. The number of halogens is 1. The normalized spacial score (nSPS) is 20.6. The Bertz CT molecular complexity index is 548. The summed E-state index contributed by atoms with van der Waals surface area (Å²) in [7, 11) is -3.46. The molecule has 0 radical (unpaired) electrons. The van der Waals surface area contributed by atoms with Crippen molar-refractivity contribution in [2.24, 2.45) is 5.92 Å². The lowest BCUT2D eigenvalue weighted by Crippen LogP contribution is -2.47. The Morgan fingerprint density at radius 2 is 2.05 bits per heavy atom. The second kappa shape index (κ2) is 7.56. The van der Waals surface area contributed by atoms with E-state index in [1.165, 1.54) is 4.31 Å². The van der Waals surface area contributed by atoms with Crippen molar-refractivity contribution in [2.75, 3.05) is 26.2 Å². The number of rotatable bonds is 6. The summed E-state index contributed by atoms with van der Waals surface area (Å²) in [4.78, 5) is 0. The molecule has 1 aliphatic heterocycles. The molecule has 0 amide bonds. The van der Waals surface area contributed by atoms with Crippen LogP contribution in [0.3, 0.4) is 0 Å². The van der Waals surface area contributed by atoms with Crippen molar-refractivity contribution < 1.29 is 13.5 Å². The molecule has 0 aliphatic carbocycles. The number of aliphatic hydroxyl groups is 1. The number of nitrogens with zero attached hydrogens (tertiary/aromatic N) is 1. The van der Waals surface area contributed by atoms with E-state index < -0.39 is 10.2 Å². The lowest BCUT2D eigenvalue weighted by Gasteiger charge is -2.30. The Kier molecular flexibility index (Phi) is 6.01. The van der Waals surface area contributed by atoms with E-state index in [1.807, 2.05) is 12.1 Å². The Labute approximate surface area is 131 Å². The highest BCUT2D eigenvalue weighted by Gasteiger charge is 2.27. The van der Waals surface area contributed by atoms with Gasteiger partial charge in [0.1, 0.15) is 0 Å². The zero-order valence-electron chi connectivity index (χ0n) is 11.8. The minimum atomic E-state index is -3.46. The van der Waals surface area contributed by atoms with Gasteiger partial charge in [-0.05, 0) is 42.9 Å². The molecule has 2 N–H and O–H groups in total. The zero-order chi connectivity index (χ0) is 15.3. The fourth-order valence-electron chi connectivity index (χ4n) is 2.46. The van der Waals surface area contributed by atoms with Crippen LogP contribution in [0, 0.1) is 5.92 Å². The number of benzene rings is 1. The first kappa shape index (κ1) is 16.7. The molecule has 1 aliphatic rings. The first-order chi connectivity index (χ1) is 10.0. The van der Waals surface area contributed by atoms with Gasteiger partial charge in [-0.1, -0.05) is 23.7 Å². The Hall–Kier alpha value is -0.660. The first-order valence-electron chi connectivity index (χ1n) is 7.11. The molecule has 1 unspecified atom stereocenters. The Morgan fingerprint density at radius 1 is 1.33 bits per heavy atom. The maximum atomic E-state index is 12.2. The van der Waals surface area contributed by atoms with Crippen molar-refractivity contribution in [2.45, 2.75) is 19.3 Å². The maximum Gasteiger partial charge on any atom is 0.279 e. The number of nitrogens with one attached hydrogen (secondary N) is 1. The molecule has 1 saturated heterocycles. The monoisotopic (exact) mass is 332 g/mol. The summed E-state index contributed by atoms with van der Waals surface area (Å²) in [6, 6.07) is 7.36. The van der Waals surface area contributed by atoms with Gasteiger partial charge < -0.3 is 5.11 Å². The van der Waals surface area contributed by atoms with Crippen LogP contribution in [0.2, 0.25) is 5.02 Å². The van der Waals surface area contributed by atoms with Gasteiger partial charge >= 0.3 is 0 Å². The van der Waals surface area contributed by atoms with E-state index in [0.29, 0.717) is 31.1 Å². The van der Waals surface area contributed by atoms with Gasteiger partial charge in [0.15, 0.2) is 0 Å². The van der Waals surface area contributed by atoms with Crippen molar-refractivity contribution in [3.63, 3.8) is 0 Å². The average molecular weight is 333 g/mol. The average Bonchev–Trinajstić information content (AvgIpc) is 2.49. The molecule has 2 rings (SSSR count). The fourth-order valence-corrected chi connectivity index (χ4v) is 3.91. The summed E-state index contributed by atoms with van der Waals surface area (Å²) in [6.45, 7) is 1.31. The van der Waals surface area contributed by atoms with Crippen LogP contribution in [0.5, 0.6) is 0 Å². The molecular weight excluding hydrogens is 312 g/mol. The highest BCUT2D eigenvalue weighted by Crippen LogP contribution is 2.18. The molecule has 1 heterocycles. The van der Waals surface area contributed by atoms with Crippen LogP contribution < -0.4 is 4.72 Å². The third kappa shape index (κ3) is 4.93. The van der Waals surface area contributed by atoms with Crippen molar-refractivity contribution in [3.8, 4) is 0 Å². The molecule has 1 aromatic rings. The highest BCUT2D eigenvalue weighted by molar-refractivity contribution is 7.87. The predicted octanol–water partition coefficient (Wildman–Crippen LogP) is 1.42. The molecule has 5 nitrogen and oxygen atoms in total. The summed E-state index contributed by atoms with van der Waals surface area (Å²) in [5.74, 6) is 0.0478. The molecule has 0 bridgehead atoms. The minimum Gasteiger partial charge on any atom is -0.396 e. The Balaban J connectivity index is 1.84. The molecular formula is C14H21ClN2O3S. The summed E-state index contributed by atoms with van der Waals surface area (Å²) in [5.41, 5.74) is 1.04. The van der Waals surface area contributed by atoms with Gasteiger partial charge in [-0.2, -0.15) is 12.7 Å². The number of aliphatic hydroxyl groups excluding tert-OH is 1. The second-order valence-corrected chi connectivity index (χ2v) is 7.52. The smallest absolute Gasteiger partial charge is 0.279 e. The molecule has 1 fully saturated rings. The lowest BCUT2D eigenvalue weighted by molar-refractivity contribution is 0.165. The first-order valence-corrected chi connectivity index (χ1v) is 8.93. The number of hydrogen-bond acceptors (Lipinski definition) is 3. The minimum absolute atomic E-state index is 0.0385. The number of hydrogen-bond donors (Lipinski definition) is 2. The summed E-state index contributed by atoms with van der Waals surface area (Å²) < 4.78 is 28.5. The van der Waals surface area contributed by atoms with E-state index in [4.69, 9.17) is 16.7 Å². The van der Waals surface area contributed by atoms with Crippen LogP contribution in [-0.2, 0) is 16.6 Å². The Morgan fingerprint density at radius 3 is 2.71 bits per heavy atom. The van der Waals surface area contributed by atoms with E-state index in [-0.39, 0.29) is 12.5 Å². The summed E-state index contributed by atoms with van der Waals surface area (Å²) in [6.07, 6.45) is 2.30. The van der Waals surface area contributed by atoms with Gasteiger partial charge in [-0.3, -0.25) is 0 Å². The molecule has 0 spiro atoms. The molecule has 118 valence electrons. The fraction of sp³-hybridized carbons (Fsp3) is 0.571. The third-order valence-electron chi connectivity index (χ3n) is 3.69. The second-order valence-electron chi connectivity index (χ2n) is 5.32. The van der Waals surface area contributed by atoms with Crippen LogP contribution in [-0.4, -0.2) is 44.1 Å². The zero-order valence-corrected chi connectivity index (χ0v) is 13.4.